The first-order valence-corrected chi connectivity index (χ1v) is 3.66. The van der Waals surface area contributed by atoms with Crippen LogP contribution in [0.5, 0.6) is 0 Å². The third kappa shape index (κ3) is 2.30. The first-order valence-electron chi connectivity index (χ1n) is 3.28. The van der Waals surface area contributed by atoms with Crippen molar-refractivity contribution < 1.29 is 4.79 Å². The van der Waals surface area contributed by atoms with E-state index in [1.54, 1.807) is 0 Å². The normalized spacial score (nSPS) is 8.00. The van der Waals surface area contributed by atoms with Crippen molar-refractivity contribution in [2.75, 3.05) is 0 Å². The standard InChI is InChI=1S/C9H3ClN2O/c10-9-8(2-1-3-13)4-7(5-11)6-12-9/h3-4,6H. The molecule has 13 heavy (non-hydrogen) atoms. The zero-order valence-electron chi connectivity index (χ0n) is 6.41. The van der Waals surface area contributed by atoms with E-state index in [2.05, 4.69) is 16.8 Å². The number of nitrogens with zero attached hydrogens (tertiary/aromatic N) is 2. The molecule has 0 unspecified atom stereocenters. The Morgan fingerprint density at radius 1 is 1.62 bits per heavy atom. The minimum Gasteiger partial charge on any atom is -0.289 e. The minimum absolute atomic E-state index is 0.188. The monoisotopic (exact) mass is 190 g/mol. The van der Waals surface area contributed by atoms with Gasteiger partial charge in [0.2, 0.25) is 0 Å². The van der Waals surface area contributed by atoms with E-state index in [0.717, 1.165) is 0 Å². The Bertz CT molecular complexity index is 437. The smallest absolute Gasteiger partial charge is 0.193 e. The quantitative estimate of drug-likeness (QED) is 0.350. The van der Waals surface area contributed by atoms with E-state index in [1.807, 2.05) is 6.07 Å². The summed E-state index contributed by atoms with van der Waals surface area (Å²) < 4.78 is 0. The highest BCUT2D eigenvalue weighted by atomic mass is 35.5. The van der Waals surface area contributed by atoms with Crippen LogP contribution in [0.15, 0.2) is 12.3 Å². The Kier molecular flexibility index (Phi) is 3.03. The summed E-state index contributed by atoms with van der Waals surface area (Å²) in [6.45, 7) is 0. The number of carbonyl (C=O) groups excluding carboxylic acids is 1. The van der Waals surface area contributed by atoms with E-state index in [0.29, 0.717) is 17.4 Å². The molecule has 0 amide bonds. The van der Waals surface area contributed by atoms with Crippen molar-refractivity contribution in [2.24, 2.45) is 0 Å². The molecule has 0 N–H and O–H groups in total. The van der Waals surface area contributed by atoms with Crippen molar-refractivity contribution in [2.45, 2.75) is 0 Å². The molecule has 0 atom stereocenters. The molecule has 62 valence electrons. The Balaban J connectivity index is 3.20. The first kappa shape index (κ1) is 9.25. The lowest BCUT2D eigenvalue weighted by atomic mass is 10.2. The topological polar surface area (TPSA) is 53.8 Å². The van der Waals surface area contributed by atoms with E-state index in [-0.39, 0.29) is 5.15 Å². The van der Waals surface area contributed by atoms with Crippen molar-refractivity contribution >= 4 is 17.9 Å². The summed E-state index contributed by atoms with van der Waals surface area (Å²) in [6.07, 6.45) is 1.80. The second-order valence-corrected chi connectivity index (χ2v) is 2.42. The fraction of sp³-hybridized carbons (Fsp3) is 0. The number of nitriles is 1. The Hall–Kier alpha value is -1.84. The van der Waals surface area contributed by atoms with Crippen LogP contribution in [-0.4, -0.2) is 11.3 Å². The van der Waals surface area contributed by atoms with E-state index in [4.69, 9.17) is 16.9 Å². The molecule has 0 spiro atoms. The van der Waals surface area contributed by atoms with Crippen molar-refractivity contribution in [3.63, 3.8) is 0 Å². The van der Waals surface area contributed by atoms with E-state index < -0.39 is 0 Å². The van der Waals surface area contributed by atoms with Crippen LogP contribution in [0.3, 0.4) is 0 Å². The van der Waals surface area contributed by atoms with Crippen LogP contribution in [0.2, 0.25) is 5.15 Å². The van der Waals surface area contributed by atoms with Gasteiger partial charge in [-0.25, -0.2) is 4.98 Å². The molecule has 0 aliphatic carbocycles. The van der Waals surface area contributed by atoms with Gasteiger partial charge < -0.3 is 0 Å². The van der Waals surface area contributed by atoms with E-state index in [1.165, 1.54) is 12.3 Å². The summed E-state index contributed by atoms with van der Waals surface area (Å²) in [5.41, 5.74) is 0.743. The van der Waals surface area contributed by atoms with Crippen LogP contribution >= 0.6 is 11.6 Å². The predicted octanol–water partition coefficient (Wildman–Crippen LogP) is 1.16. The van der Waals surface area contributed by atoms with E-state index >= 15 is 0 Å². The maximum atomic E-state index is 9.94. The van der Waals surface area contributed by atoms with Gasteiger partial charge in [0.15, 0.2) is 6.29 Å². The largest absolute Gasteiger partial charge is 0.289 e. The predicted molar refractivity (Wildman–Crippen MR) is 46.9 cm³/mol. The molecule has 0 fully saturated rings. The van der Waals surface area contributed by atoms with Crippen LogP contribution in [0.4, 0.5) is 0 Å². The number of hydrogen-bond donors (Lipinski definition) is 0. The lowest BCUT2D eigenvalue weighted by Gasteiger charge is -1.93. The summed E-state index contributed by atoms with van der Waals surface area (Å²) in [5.74, 6) is 4.67. The van der Waals surface area contributed by atoms with Crippen LogP contribution in [0.1, 0.15) is 11.1 Å². The number of halogens is 1. The Labute approximate surface area is 80.0 Å². The molecule has 0 bridgehead atoms. The molecule has 0 saturated heterocycles. The summed E-state index contributed by atoms with van der Waals surface area (Å²) in [5, 5.41) is 8.72. The van der Waals surface area contributed by atoms with Gasteiger partial charge >= 0.3 is 0 Å². The van der Waals surface area contributed by atoms with Gasteiger partial charge in [0.1, 0.15) is 11.2 Å². The molecule has 1 rings (SSSR count). The first-order chi connectivity index (χ1) is 6.27. The second-order valence-electron chi connectivity index (χ2n) is 2.06. The fourth-order valence-corrected chi connectivity index (χ4v) is 0.855. The lowest BCUT2D eigenvalue weighted by Crippen LogP contribution is -1.85. The maximum Gasteiger partial charge on any atom is 0.193 e. The lowest BCUT2D eigenvalue weighted by molar-refractivity contribution is -0.103. The molecular formula is C9H3ClN2O. The molecule has 1 aromatic heterocycles. The molecule has 1 heterocycles. The molecule has 0 radical (unpaired) electrons. The van der Waals surface area contributed by atoms with Gasteiger partial charge in [-0.3, -0.25) is 4.79 Å². The number of carbonyl (C=O) groups is 1. The van der Waals surface area contributed by atoms with E-state index in [9.17, 15) is 4.79 Å². The molecule has 0 aliphatic heterocycles. The van der Waals surface area contributed by atoms with Gasteiger partial charge in [-0.15, -0.1) is 0 Å². The Morgan fingerprint density at radius 2 is 2.38 bits per heavy atom. The van der Waals surface area contributed by atoms with Crippen LogP contribution in [0.25, 0.3) is 0 Å². The molecular weight excluding hydrogens is 188 g/mol. The number of aldehydes is 1. The number of hydrogen-bond acceptors (Lipinski definition) is 3. The molecule has 0 aromatic carbocycles. The summed E-state index contributed by atoms with van der Waals surface area (Å²) in [6, 6.07) is 3.37. The molecule has 1 aromatic rings. The van der Waals surface area contributed by atoms with Crippen molar-refractivity contribution in [3.05, 3.63) is 28.5 Å². The third-order valence-electron chi connectivity index (χ3n) is 1.23. The van der Waals surface area contributed by atoms with Gasteiger partial charge in [0, 0.05) is 6.20 Å². The average Bonchev–Trinajstić information content (AvgIpc) is 2.17. The van der Waals surface area contributed by atoms with Crippen molar-refractivity contribution in [1.82, 2.24) is 4.98 Å². The zero-order valence-corrected chi connectivity index (χ0v) is 7.17. The fourth-order valence-electron chi connectivity index (χ4n) is 0.704. The number of rotatable bonds is 0. The number of pyridine rings is 1. The van der Waals surface area contributed by atoms with Gasteiger partial charge in [0.05, 0.1) is 11.1 Å². The van der Waals surface area contributed by atoms with Crippen LogP contribution < -0.4 is 0 Å². The SMILES string of the molecule is N#Cc1cnc(Cl)c(C#CC=O)c1. The highest BCUT2D eigenvalue weighted by Crippen LogP contribution is 2.12. The molecule has 0 saturated carbocycles. The maximum absolute atomic E-state index is 9.94. The minimum atomic E-state index is 0.188. The summed E-state index contributed by atoms with van der Waals surface area (Å²) in [7, 11) is 0. The third-order valence-corrected chi connectivity index (χ3v) is 1.54. The highest BCUT2D eigenvalue weighted by Gasteiger charge is 1.99. The molecule has 0 aliphatic rings. The molecule has 3 nitrogen and oxygen atoms in total. The van der Waals surface area contributed by atoms with Crippen LogP contribution in [0, 0.1) is 23.2 Å². The zero-order chi connectivity index (χ0) is 9.68. The van der Waals surface area contributed by atoms with Gasteiger partial charge in [-0.1, -0.05) is 17.5 Å². The Morgan fingerprint density at radius 3 is 3.00 bits per heavy atom. The van der Waals surface area contributed by atoms with Gasteiger partial charge in [-0.05, 0) is 12.0 Å². The molecule has 4 heteroatoms. The second kappa shape index (κ2) is 4.25. The van der Waals surface area contributed by atoms with Gasteiger partial charge in [-0.2, -0.15) is 5.26 Å². The van der Waals surface area contributed by atoms with Crippen molar-refractivity contribution in [1.29, 1.82) is 5.26 Å². The summed E-state index contributed by atoms with van der Waals surface area (Å²) in [4.78, 5) is 13.7. The average molecular weight is 191 g/mol. The van der Waals surface area contributed by atoms with Crippen LogP contribution in [-0.2, 0) is 4.79 Å². The summed E-state index contributed by atoms with van der Waals surface area (Å²) >= 11 is 5.65. The van der Waals surface area contributed by atoms with Crippen molar-refractivity contribution in [3.8, 4) is 17.9 Å². The van der Waals surface area contributed by atoms with Gasteiger partial charge in [0.25, 0.3) is 0 Å². The highest BCUT2D eigenvalue weighted by molar-refractivity contribution is 6.30. The number of aromatic nitrogens is 1.